The quantitative estimate of drug-likeness (QED) is 0.856. The van der Waals surface area contributed by atoms with Gasteiger partial charge in [-0.15, -0.1) is 0 Å². The predicted octanol–water partition coefficient (Wildman–Crippen LogP) is 4.31. The van der Waals surface area contributed by atoms with E-state index in [4.69, 9.17) is 28.5 Å². The normalized spacial score (nSPS) is 9.86. The molecule has 6 heteroatoms. The Labute approximate surface area is 138 Å². The third-order valence-corrected chi connectivity index (χ3v) is 3.26. The second-order valence-corrected chi connectivity index (χ2v) is 5.45. The van der Waals surface area contributed by atoms with Gasteiger partial charge in [0.25, 0.3) is 0 Å². The van der Waals surface area contributed by atoms with E-state index in [-0.39, 0.29) is 12.3 Å². The number of halogens is 2. The van der Waals surface area contributed by atoms with Crippen LogP contribution in [-0.4, -0.2) is 12.5 Å². The van der Waals surface area contributed by atoms with Gasteiger partial charge in [0.1, 0.15) is 0 Å². The average Bonchev–Trinajstić information content (AvgIpc) is 2.46. The molecular formula is C16H13Cl2N3O. The standard InChI is InChI=1S/C16H13Cl2N3O/c17-12-7-13(18)9-15(8-12)20-5-4-16(22)21-14-3-1-2-11(6-14)10-19/h1-3,6-9,20H,4-5H2,(H,21,22). The van der Waals surface area contributed by atoms with Crippen LogP contribution in [0.2, 0.25) is 10.0 Å². The van der Waals surface area contributed by atoms with E-state index in [1.54, 1.807) is 42.5 Å². The minimum Gasteiger partial charge on any atom is -0.384 e. The Balaban J connectivity index is 1.84. The molecular weight excluding hydrogens is 321 g/mol. The van der Waals surface area contributed by atoms with Gasteiger partial charge in [0.15, 0.2) is 0 Å². The van der Waals surface area contributed by atoms with Gasteiger partial charge >= 0.3 is 0 Å². The first-order valence-corrected chi connectivity index (χ1v) is 7.32. The Morgan fingerprint density at radius 1 is 1.09 bits per heavy atom. The van der Waals surface area contributed by atoms with E-state index in [9.17, 15) is 4.79 Å². The molecule has 0 aliphatic rings. The molecule has 0 radical (unpaired) electrons. The molecule has 0 unspecified atom stereocenters. The highest BCUT2D eigenvalue weighted by Crippen LogP contribution is 2.22. The van der Waals surface area contributed by atoms with E-state index in [1.807, 2.05) is 6.07 Å². The van der Waals surface area contributed by atoms with Crippen molar-refractivity contribution in [2.45, 2.75) is 6.42 Å². The maximum atomic E-state index is 11.9. The number of nitrogens with one attached hydrogen (secondary N) is 2. The molecule has 0 aliphatic carbocycles. The molecule has 0 spiro atoms. The van der Waals surface area contributed by atoms with Crippen molar-refractivity contribution in [2.75, 3.05) is 17.2 Å². The van der Waals surface area contributed by atoms with Gasteiger partial charge < -0.3 is 10.6 Å². The monoisotopic (exact) mass is 333 g/mol. The summed E-state index contributed by atoms with van der Waals surface area (Å²) in [5.41, 5.74) is 1.87. The first-order chi connectivity index (χ1) is 10.6. The van der Waals surface area contributed by atoms with Crippen molar-refractivity contribution >= 4 is 40.5 Å². The first-order valence-electron chi connectivity index (χ1n) is 6.57. The van der Waals surface area contributed by atoms with Crippen molar-refractivity contribution in [2.24, 2.45) is 0 Å². The summed E-state index contributed by atoms with van der Waals surface area (Å²) in [4.78, 5) is 11.9. The number of carbonyl (C=O) groups is 1. The molecule has 0 aromatic heterocycles. The number of benzene rings is 2. The zero-order chi connectivity index (χ0) is 15.9. The van der Waals surface area contributed by atoms with Gasteiger partial charge in [0.2, 0.25) is 5.91 Å². The molecule has 0 bridgehead atoms. The lowest BCUT2D eigenvalue weighted by molar-refractivity contribution is -0.115. The summed E-state index contributed by atoms with van der Waals surface area (Å²) >= 11 is 11.8. The zero-order valence-electron chi connectivity index (χ0n) is 11.6. The number of hydrogen-bond donors (Lipinski definition) is 2. The fourth-order valence-corrected chi connectivity index (χ4v) is 2.39. The van der Waals surface area contributed by atoms with Crippen molar-refractivity contribution in [1.29, 1.82) is 5.26 Å². The average molecular weight is 334 g/mol. The third kappa shape index (κ3) is 4.96. The van der Waals surface area contributed by atoms with Gasteiger partial charge in [-0.2, -0.15) is 5.26 Å². The third-order valence-electron chi connectivity index (χ3n) is 2.82. The van der Waals surface area contributed by atoms with Crippen LogP contribution in [0.4, 0.5) is 11.4 Å². The summed E-state index contributed by atoms with van der Waals surface area (Å²) in [6, 6.07) is 13.9. The number of amides is 1. The molecule has 0 saturated carbocycles. The van der Waals surface area contributed by atoms with Crippen molar-refractivity contribution in [3.63, 3.8) is 0 Å². The molecule has 2 aromatic rings. The highest BCUT2D eigenvalue weighted by molar-refractivity contribution is 6.35. The number of rotatable bonds is 5. The number of hydrogen-bond acceptors (Lipinski definition) is 3. The second-order valence-electron chi connectivity index (χ2n) is 4.58. The van der Waals surface area contributed by atoms with Crippen LogP contribution >= 0.6 is 23.2 Å². The summed E-state index contributed by atoms with van der Waals surface area (Å²) in [7, 11) is 0. The molecule has 4 nitrogen and oxygen atoms in total. The predicted molar refractivity (Wildman–Crippen MR) is 89.4 cm³/mol. The Kier molecular flexibility index (Phi) is 5.65. The minimum absolute atomic E-state index is 0.143. The van der Waals surface area contributed by atoms with Gasteiger partial charge in [-0.25, -0.2) is 0 Å². The lowest BCUT2D eigenvalue weighted by Gasteiger charge is -2.08. The summed E-state index contributed by atoms with van der Waals surface area (Å²) in [5.74, 6) is -0.143. The SMILES string of the molecule is N#Cc1cccc(NC(=O)CCNc2cc(Cl)cc(Cl)c2)c1. The van der Waals surface area contributed by atoms with Gasteiger partial charge in [0.05, 0.1) is 11.6 Å². The maximum Gasteiger partial charge on any atom is 0.226 e. The molecule has 0 fully saturated rings. The van der Waals surface area contributed by atoms with E-state index in [1.165, 1.54) is 0 Å². The molecule has 0 atom stereocenters. The molecule has 2 aromatic carbocycles. The molecule has 0 saturated heterocycles. The Morgan fingerprint density at radius 2 is 1.82 bits per heavy atom. The fraction of sp³-hybridized carbons (Fsp3) is 0.125. The van der Waals surface area contributed by atoms with E-state index in [2.05, 4.69) is 10.6 Å². The highest BCUT2D eigenvalue weighted by atomic mass is 35.5. The lowest BCUT2D eigenvalue weighted by Crippen LogP contribution is -2.16. The molecule has 0 heterocycles. The van der Waals surface area contributed by atoms with E-state index in [0.717, 1.165) is 5.69 Å². The van der Waals surface area contributed by atoms with Crippen LogP contribution in [-0.2, 0) is 4.79 Å². The molecule has 22 heavy (non-hydrogen) atoms. The number of nitrogens with zero attached hydrogens (tertiary/aromatic N) is 1. The first kappa shape index (κ1) is 16.2. The highest BCUT2D eigenvalue weighted by Gasteiger charge is 2.04. The molecule has 1 amide bonds. The molecule has 0 aliphatic heterocycles. The number of anilines is 2. The Hall–Kier alpha value is -2.22. The molecule has 112 valence electrons. The summed E-state index contributed by atoms with van der Waals surface area (Å²) in [5, 5.41) is 15.7. The maximum absolute atomic E-state index is 11.9. The summed E-state index contributed by atoms with van der Waals surface area (Å²) < 4.78 is 0. The van der Waals surface area contributed by atoms with Gasteiger partial charge in [-0.05, 0) is 36.4 Å². The summed E-state index contributed by atoms with van der Waals surface area (Å²) in [6.07, 6.45) is 0.279. The van der Waals surface area contributed by atoms with Crippen molar-refractivity contribution in [1.82, 2.24) is 0 Å². The van der Waals surface area contributed by atoms with Gasteiger partial charge in [0, 0.05) is 34.4 Å². The number of carbonyl (C=O) groups excluding carboxylic acids is 1. The van der Waals surface area contributed by atoms with Gasteiger partial charge in [-0.3, -0.25) is 4.79 Å². The summed E-state index contributed by atoms with van der Waals surface area (Å²) in [6.45, 7) is 0.445. The van der Waals surface area contributed by atoms with Crippen LogP contribution < -0.4 is 10.6 Å². The van der Waals surface area contributed by atoms with Crippen LogP contribution in [0, 0.1) is 11.3 Å². The molecule has 2 N–H and O–H groups in total. The Morgan fingerprint density at radius 3 is 2.50 bits per heavy atom. The number of nitriles is 1. The lowest BCUT2D eigenvalue weighted by atomic mass is 10.2. The van der Waals surface area contributed by atoms with E-state index in [0.29, 0.717) is 27.8 Å². The van der Waals surface area contributed by atoms with Crippen LogP contribution in [0.3, 0.4) is 0 Å². The minimum atomic E-state index is -0.143. The second kappa shape index (κ2) is 7.69. The molecule has 2 rings (SSSR count). The topological polar surface area (TPSA) is 64.9 Å². The largest absolute Gasteiger partial charge is 0.384 e. The van der Waals surface area contributed by atoms with Crippen LogP contribution in [0.25, 0.3) is 0 Å². The zero-order valence-corrected chi connectivity index (χ0v) is 13.1. The van der Waals surface area contributed by atoms with Crippen molar-refractivity contribution < 1.29 is 4.79 Å². The van der Waals surface area contributed by atoms with E-state index >= 15 is 0 Å². The Bertz CT molecular complexity index is 705. The fourth-order valence-electron chi connectivity index (χ4n) is 1.87. The van der Waals surface area contributed by atoms with Crippen LogP contribution in [0.15, 0.2) is 42.5 Å². The smallest absolute Gasteiger partial charge is 0.226 e. The van der Waals surface area contributed by atoms with Gasteiger partial charge in [-0.1, -0.05) is 29.3 Å². The van der Waals surface area contributed by atoms with Crippen molar-refractivity contribution in [3.8, 4) is 6.07 Å². The van der Waals surface area contributed by atoms with Crippen molar-refractivity contribution in [3.05, 3.63) is 58.1 Å². The van der Waals surface area contributed by atoms with Crippen LogP contribution in [0.1, 0.15) is 12.0 Å². The van der Waals surface area contributed by atoms with E-state index < -0.39 is 0 Å². The van der Waals surface area contributed by atoms with Crippen LogP contribution in [0.5, 0.6) is 0 Å².